The second kappa shape index (κ2) is 8.15. The molecule has 0 bridgehead atoms. The van der Waals surface area contributed by atoms with Gasteiger partial charge in [-0.3, -0.25) is 9.78 Å². The summed E-state index contributed by atoms with van der Waals surface area (Å²) in [5.41, 5.74) is 2.56. The Morgan fingerprint density at radius 1 is 1.21 bits per heavy atom. The zero-order valence-electron chi connectivity index (χ0n) is 13.6. The van der Waals surface area contributed by atoms with Gasteiger partial charge in [0, 0.05) is 29.5 Å². The van der Waals surface area contributed by atoms with E-state index in [1.54, 1.807) is 6.20 Å². The van der Waals surface area contributed by atoms with Crippen molar-refractivity contribution >= 4 is 23.2 Å². The van der Waals surface area contributed by atoms with E-state index in [1.165, 1.54) is 18.4 Å². The number of hydrogen-bond acceptors (Lipinski definition) is 3. The minimum absolute atomic E-state index is 0.0830. The SMILES string of the molecule is O=C(NC1CCCC1)c1cc(NCCc2cccc(Cl)c2)ccn1. The monoisotopic (exact) mass is 343 g/mol. The third kappa shape index (κ3) is 4.71. The van der Waals surface area contributed by atoms with Crippen LogP contribution in [-0.2, 0) is 6.42 Å². The van der Waals surface area contributed by atoms with Crippen molar-refractivity contribution in [1.29, 1.82) is 0 Å². The van der Waals surface area contributed by atoms with Crippen molar-refractivity contribution in [3.8, 4) is 0 Å². The summed E-state index contributed by atoms with van der Waals surface area (Å²) in [5.74, 6) is -0.0830. The third-order valence-electron chi connectivity index (χ3n) is 4.31. The maximum absolute atomic E-state index is 12.3. The van der Waals surface area contributed by atoms with Crippen molar-refractivity contribution in [3.63, 3.8) is 0 Å². The Hall–Kier alpha value is -2.07. The maximum Gasteiger partial charge on any atom is 0.270 e. The number of pyridine rings is 1. The van der Waals surface area contributed by atoms with Gasteiger partial charge in [0.2, 0.25) is 0 Å². The van der Waals surface area contributed by atoms with Crippen LogP contribution in [0, 0.1) is 0 Å². The number of hydrogen-bond donors (Lipinski definition) is 2. The second-order valence-electron chi connectivity index (χ2n) is 6.19. The van der Waals surface area contributed by atoms with Gasteiger partial charge in [-0.2, -0.15) is 0 Å². The van der Waals surface area contributed by atoms with Crippen molar-refractivity contribution in [1.82, 2.24) is 10.3 Å². The van der Waals surface area contributed by atoms with E-state index in [0.29, 0.717) is 11.7 Å². The molecule has 1 saturated carbocycles. The Kier molecular flexibility index (Phi) is 5.70. The molecule has 0 saturated heterocycles. The van der Waals surface area contributed by atoms with Gasteiger partial charge >= 0.3 is 0 Å². The fourth-order valence-electron chi connectivity index (χ4n) is 3.04. The Labute approximate surface area is 147 Å². The van der Waals surface area contributed by atoms with E-state index in [9.17, 15) is 4.79 Å². The number of nitrogens with zero attached hydrogens (tertiary/aromatic N) is 1. The van der Waals surface area contributed by atoms with Gasteiger partial charge in [-0.25, -0.2) is 0 Å². The first kappa shape index (κ1) is 16.8. The molecule has 5 heteroatoms. The molecular formula is C19H22ClN3O. The van der Waals surface area contributed by atoms with Crippen LogP contribution in [0.1, 0.15) is 41.7 Å². The molecule has 126 valence electrons. The first-order valence-electron chi connectivity index (χ1n) is 8.46. The van der Waals surface area contributed by atoms with E-state index in [-0.39, 0.29) is 5.91 Å². The van der Waals surface area contributed by atoms with Gasteiger partial charge in [0.25, 0.3) is 5.91 Å². The van der Waals surface area contributed by atoms with Gasteiger partial charge in [-0.1, -0.05) is 36.6 Å². The van der Waals surface area contributed by atoms with Crippen LogP contribution in [0.2, 0.25) is 5.02 Å². The molecule has 3 rings (SSSR count). The lowest BCUT2D eigenvalue weighted by Crippen LogP contribution is -2.33. The highest BCUT2D eigenvalue weighted by molar-refractivity contribution is 6.30. The number of aromatic nitrogens is 1. The van der Waals surface area contributed by atoms with Crippen LogP contribution in [0.15, 0.2) is 42.6 Å². The van der Waals surface area contributed by atoms with Crippen LogP contribution >= 0.6 is 11.6 Å². The highest BCUT2D eigenvalue weighted by atomic mass is 35.5. The molecule has 4 nitrogen and oxygen atoms in total. The van der Waals surface area contributed by atoms with Gasteiger partial charge in [-0.05, 0) is 49.1 Å². The van der Waals surface area contributed by atoms with Gasteiger partial charge in [0.1, 0.15) is 5.69 Å². The first-order chi connectivity index (χ1) is 11.7. The van der Waals surface area contributed by atoms with Gasteiger partial charge < -0.3 is 10.6 Å². The van der Waals surface area contributed by atoms with E-state index < -0.39 is 0 Å². The molecule has 1 aromatic heterocycles. The summed E-state index contributed by atoms with van der Waals surface area (Å²) in [5, 5.41) is 7.16. The quantitative estimate of drug-likeness (QED) is 0.831. The molecule has 2 aromatic rings. The number of anilines is 1. The van der Waals surface area contributed by atoms with Crippen molar-refractivity contribution in [3.05, 3.63) is 58.9 Å². The minimum atomic E-state index is -0.0830. The Bertz CT molecular complexity index is 699. The standard InChI is InChI=1S/C19H22ClN3O/c20-15-5-3-4-14(12-15)8-10-21-17-9-11-22-18(13-17)19(24)23-16-6-1-2-7-16/h3-5,9,11-13,16H,1-2,6-8,10H2,(H,21,22)(H,23,24). The largest absolute Gasteiger partial charge is 0.385 e. The summed E-state index contributed by atoms with van der Waals surface area (Å²) < 4.78 is 0. The zero-order chi connectivity index (χ0) is 16.8. The number of amides is 1. The predicted molar refractivity (Wildman–Crippen MR) is 97.6 cm³/mol. The number of rotatable bonds is 6. The lowest BCUT2D eigenvalue weighted by molar-refractivity contribution is 0.0933. The summed E-state index contributed by atoms with van der Waals surface area (Å²) >= 11 is 5.99. The number of benzene rings is 1. The number of halogens is 1. The van der Waals surface area contributed by atoms with Gasteiger partial charge in [0.15, 0.2) is 0 Å². The molecule has 2 N–H and O–H groups in total. The Balaban J connectivity index is 1.53. The van der Waals surface area contributed by atoms with Gasteiger partial charge in [0.05, 0.1) is 0 Å². The molecule has 0 unspecified atom stereocenters. The molecule has 1 aliphatic rings. The molecule has 1 aromatic carbocycles. The molecule has 0 spiro atoms. The molecular weight excluding hydrogens is 322 g/mol. The van der Waals surface area contributed by atoms with E-state index in [2.05, 4.69) is 21.7 Å². The lowest BCUT2D eigenvalue weighted by atomic mass is 10.1. The summed E-state index contributed by atoms with van der Waals surface area (Å²) in [6, 6.07) is 11.8. The summed E-state index contributed by atoms with van der Waals surface area (Å²) in [6.45, 7) is 0.772. The smallest absolute Gasteiger partial charge is 0.270 e. The van der Waals surface area contributed by atoms with Gasteiger partial charge in [-0.15, -0.1) is 0 Å². The fraction of sp³-hybridized carbons (Fsp3) is 0.368. The van der Waals surface area contributed by atoms with E-state index in [0.717, 1.165) is 36.5 Å². The number of carbonyl (C=O) groups excluding carboxylic acids is 1. The average molecular weight is 344 g/mol. The molecule has 0 radical (unpaired) electrons. The van der Waals surface area contributed by atoms with Crippen molar-refractivity contribution < 1.29 is 4.79 Å². The lowest BCUT2D eigenvalue weighted by Gasteiger charge is -2.12. The van der Waals surface area contributed by atoms with Crippen molar-refractivity contribution in [2.24, 2.45) is 0 Å². The Morgan fingerprint density at radius 2 is 2.04 bits per heavy atom. The first-order valence-corrected chi connectivity index (χ1v) is 8.84. The van der Waals surface area contributed by atoms with E-state index in [4.69, 9.17) is 11.6 Å². The van der Waals surface area contributed by atoms with E-state index in [1.807, 2.05) is 30.3 Å². The predicted octanol–water partition coefficient (Wildman–Crippen LogP) is 4.06. The molecule has 1 heterocycles. The van der Waals surface area contributed by atoms with Crippen LogP contribution in [-0.4, -0.2) is 23.5 Å². The summed E-state index contributed by atoms with van der Waals surface area (Å²) in [7, 11) is 0. The highest BCUT2D eigenvalue weighted by Crippen LogP contribution is 2.18. The Morgan fingerprint density at radius 3 is 2.83 bits per heavy atom. The molecule has 0 atom stereocenters. The molecule has 1 aliphatic carbocycles. The maximum atomic E-state index is 12.3. The van der Waals surface area contributed by atoms with Crippen LogP contribution in [0.3, 0.4) is 0 Å². The normalized spacial score (nSPS) is 14.5. The van der Waals surface area contributed by atoms with Crippen molar-refractivity contribution in [2.75, 3.05) is 11.9 Å². The number of carbonyl (C=O) groups is 1. The fourth-order valence-corrected chi connectivity index (χ4v) is 3.25. The van der Waals surface area contributed by atoms with Crippen LogP contribution in [0.4, 0.5) is 5.69 Å². The number of nitrogens with one attached hydrogen (secondary N) is 2. The van der Waals surface area contributed by atoms with Crippen LogP contribution in [0.25, 0.3) is 0 Å². The van der Waals surface area contributed by atoms with Crippen LogP contribution in [0.5, 0.6) is 0 Å². The van der Waals surface area contributed by atoms with Crippen molar-refractivity contribution in [2.45, 2.75) is 38.1 Å². The van der Waals surface area contributed by atoms with E-state index >= 15 is 0 Å². The summed E-state index contributed by atoms with van der Waals surface area (Å²) in [4.78, 5) is 16.5. The second-order valence-corrected chi connectivity index (χ2v) is 6.63. The van der Waals surface area contributed by atoms with Crippen LogP contribution < -0.4 is 10.6 Å². The molecule has 0 aliphatic heterocycles. The highest BCUT2D eigenvalue weighted by Gasteiger charge is 2.18. The summed E-state index contributed by atoms with van der Waals surface area (Å²) in [6.07, 6.45) is 7.08. The zero-order valence-corrected chi connectivity index (χ0v) is 14.4. The third-order valence-corrected chi connectivity index (χ3v) is 4.55. The molecule has 1 amide bonds. The molecule has 1 fully saturated rings. The average Bonchev–Trinajstić information content (AvgIpc) is 3.08. The molecule has 24 heavy (non-hydrogen) atoms. The topological polar surface area (TPSA) is 54.0 Å². The minimum Gasteiger partial charge on any atom is -0.385 e.